The van der Waals surface area contributed by atoms with Crippen molar-refractivity contribution in [3.8, 4) is 12.0 Å². The van der Waals surface area contributed by atoms with Crippen LogP contribution in [0.25, 0.3) is 5.88 Å². The summed E-state index contributed by atoms with van der Waals surface area (Å²) >= 11 is 11.8. The molecule has 0 aliphatic heterocycles. The summed E-state index contributed by atoms with van der Waals surface area (Å²) in [6.07, 6.45) is 3.42. The first-order valence-corrected chi connectivity index (χ1v) is 9.24. The lowest BCUT2D eigenvalue weighted by atomic mass is 10.1. The van der Waals surface area contributed by atoms with Crippen LogP contribution in [0.15, 0.2) is 47.1 Å². The molecule has 0 radical (unpaired) electrons. The van der Waals surface area contributed by atoms with Crippen molar-refractivity contribution < 1.29 is 14.0 Å². The number of nitrogens with one attached hydrogen (secondary N) is 1. The van der Waals surface area contributed by atoms with E-state index in [-0.39, 0.29) is 23.6 Å². The van der Waals surface area contributed by atoms with E-state index in [1.807, 2.05) is 6.07 Å². The molecule has 2 amide bonds. The highest BCUT2D eigenvalue weighted by Crippen LogP contribution is 2.27. The van der Waals surface area contributed by atoms with Crippen LogP contribution in [-0.4, -0.2) is 34.9 Å². The fraction of sp³-hybridized carbons (Fsp3) is 0.150. The number of hydrogen-bond donors (Lipinski definition) is 1. The van der Waals surface area contributed by atoms with Crippen LogP contribution in [0, 0.1) is 18.3 Å². The SMILES string of the molecule is Cc1oc(-n2cccc2)c(C#N)c1C(=O)N(C)CC(=O)Nc1ccc(Cl)c(Cl)c1. The molecule has 29 heavy (non-hydrogen) atoms. The number of amides is 2. The number of anilines is 1. The Balaban J connectivity index is 1.77. The summed E-state index contributed by atoms with van der Waals surface area (Å²) in [5, 5.41) is 12.9. The summed E-state index contributed by atoms with van der Waals surface area (Å²) in [6, 6.07) is 10.3. The first kappa shape index (κ1) is 20.5. The Morgan fingerprint density at radius 1 is 1.24 bits per heavy atom. The number of halogens is 2. The third kappa shape index (κ3) is 4.29. The Morgan fingerprint density at radius 3 is 2.55 bits per heavy atom. The fourth-order valence-corrected chi connectivity index (χ4v) is 3.09. The van der Waals surface area contributed by atoms with E-state index in [9.17, 15) is 14.9 Å². The highest BCUT2D eigenvalue weighted by Gasteiger charge is 2.27. The van der Waals surface area contributed by atoms with Gasteiger partial charge in [-0.25, -0.2) is 0 Å². The number of hydrogen-bond acceptors (Lipinski definition) is 4. The number of likely N-dealkylation sites (N-methyl/N-ethyl adjacent to an activating group) is 1. The Morgan fingerprint density at radius 2 is 1.93 bits per heavy atom. The number of nitrogens with zero attached hydrogens (tertiary/aromatic N) is 3. The number of rotatable bonds is 5. The van der Waals surface area contributed by atoms with Crippen LogP contribution in [-0.2, 0) is 4.79 Å². The molecule has 148 valence electrons. The minimum absolute atomic E-state index is 0.112. The Kier molecular flexibility index (Phi) is 5.97. The number of aryl methyl sites for hydroxylation is 1. The van der Waals surface area contributed by atoms with Gasteiger partial charge in [-0.15, -0.1) is 0 Å². The predicted octanol–water partition coefficient (Wildman–Crippen LogP) is 4.27. The topological polar surface area (TPSA) is 91.3 Å². The van der Waals surface area contributed by atoms with Gasteiger partial charge in [-0.05, 0) is 37.3 Å². The van der Waals surface area contributed by atoms with Gasteiger partial charge in [0.05, 0.1) is 16.6 Å². The number of carbonyl (C=O) groups excluding carboxylic acids is 2. The maximum Gasteiger partial charge on any atom is 0.259 e. The molecule has 2 aromatic heterocycles. The summed E-state index contributed by atoms with van der Waals surface area (Å²) in [5.41, 5.74) is 0.693. The van der Waals surface area contributed by atoms with Crippen LogP contribution in [0.3, 0.4) is 0 Å². The van der Waals surface area contributed by atoms with Gasteiger partial charge in [-0.1, -0.05) is 23.2 Å². The summed E-state index contributed by atoms with van der Waals surface area (Å²) in [4.78, 5) is 26.4. The molecular formula is C20H16Cl2N4O3. The predicted molar refractivity (Wildman–Crippen MR) is 110 cm³/mol. The maximum atomic E-state index is 12.9. The van der Waals surface area contributed by atoms with Gasteiger partial charge >= 0.3 is 0 Å². The van der Waals surface area contributed by atoms with Gasteiger partial charge in [0.15, 0.2) is 0 Å². The molecule has 9 heteroatoms. The second kappa shape index (κ2) is 8.43. The second-order valence-electron chi connectivity index (χ2n) is 6.25. The van der Waals surface area contributed by atoms with E-state index in [1.54, 1.807) is 48.1 Å². The molecule has 1 aromatic carbocycles. The quantitative estimate of drug-likeness (QED) is 0.653. The summed E-state index contributed by atoms with van der Waals surface area (Å²) < 4.78 is 7.25. The first-order chi connectivity index (χ1) is 13.8. The van der Waals surface area contributed by atoms with E-state index in [2.05, 4.69) is 5.32 Å². The van der Waals surface area contributed by atoms with Gasteiger partial charge in [-0.2, -0.15) is 5.26 Å². The van der Waals surface area contributed by atoms with E-state index >= 15 is 0 Å². The Bertz CT molecular complexity index is 1110. The van der Waals surface area contributed by atoms with Crippen molar-refractivity contribution in [2.24, 2.45) is 0 Å². The molecule has 3 rings (SSSR count). The monoisotopic (exact) mass is 430 g/mol. The Hall–Kier alpha value is -3.21. The summed E-state index contributed by atoms with van der Waals surface area (Å²) in [7, 11) is 1.47. The molecular weight excluding hydrogens is 415 g/mol. The molecule has 1 N–H and O–H groups in total. The molecule has 7 nitrogen and oxygen atoms in total. The largest absolute Gasteiger partial charge is 0.443 e. The Labute approximate surface area is 177 Å². The molecule has 0 spiro atoms. The van der Waals surface area contributed by atoms with Crippen molar-refractivity contribution in [1.82, 2.24) is 9.47 Å². The molecule has 0 fully saturated rings. The zero-order valence-electron chi connectivity index (χ0n) is 15.6. The number of furan rings is 1. The molecule has 0 unspecified atom stereocenters. The van der Waals surface area contributed by atoms with Gasteiger partial charge in [-0.3, -0.25) is 14.2 Å². The number of carbonyl (C=O) groups is 2. The van der Waals surface area contributed by atoms with Crippen molar-refractivity contribution in [2.45, 2.75) is 6.92 Å². The van der Waals surface area contributed by atoms with Crippen molar-refractivity contribution in [3.05, 3.63) is 69.7 Å². The van der Waals surface area contributed by atoms with Gasteiger partial charge in [0.25, 0.3) is 5.91 Å². The third-order valence-electron chi connectivity index (χ3n) is 4.16. The van der Waals surface area contributed by atoms with Gasteiger partial charge in [0.2, 0.25) is 11.8 Å². The van der Waals surface area contributed by atoms with Gasteiger partial charge in [0.1, 0.15) is 23.0 Å². The average Bonchev–Trinajstić information content (AvgIpc) is 3.31. The third-order valence-corrected chi connectivity index (χ3v) is 4.90. The molecule has 3 aromatic rings. The van der Waals surface area contributed by atoms with Crippen LogP contribution in [0.4, 0.5) is 5.69 Å². The van der Waals surface area contributed by atoms with Crippen molar-refractivity contribution in [3.63, 3.8) is 0 Å². The molecule has 0 bridgehead atoms. The smallest absolute Gasteiger partial charge is 0.259 e. The molecule has 0 atom stereocenters. The van der Waals surface area contributed by atoms with Gasteiger partial charge < -0.3 is 14.6 Å². The zero-order valence-corrected chi connectivity index (χ0v) is 17.1. The van der Waals surface area contributed by atoms with Crippen molar-refractivity contribution in [1.29, 1.82) is 5.26 Å². The normalized spacial score (nSPS) is 10.4. The van der Waals surface area contributed by atoms with Crippen molar-refractivity contribution >= 4 is 40.7 Å². The summed E-state index contributed by atoms with van der Waals surface area (Å²) in [5.74, 6) is -0.367. The van der Waals surface area contributed by atoms with E-state index in [1.165, 1.54) is 18.0 Å². The van der Waals surface area contributed by atoms with Crippen LogP contribution < -0.4 is 5.32 Å². The molecule has 0 saturated carbocycles. The second-order valence-corrected chi connectivity index (χ2v) is 7.07. The standard InChI is InChI=1S/C20H16Cl2N4O3/c1-12-18(14(10-23)20(29-12)26-7-3-4-8-26)19(28)25(2)11-17(27)24-13-5-6-15(21)16(22)9-13/h3-9H,11H2,1-2H3,(H,24,27). The fourth-order valence-electron chi connectivity index (χ4n) is 2.80. The van der Waals surface area contributed by atoms with Crippen LogP contribution in [0.5, 0.6) is 0 Å². The number of aromatic nitrogens is 1. The van der Waals surface area contributed by atoms with E-state index in [0.29, 0.717) is 21.5 Å². The minimum atomic E-state index is -0.495. The van der Waals surface area contributed by atoms with Crippen LogP contribution >= 0.6 is 23.2 Å². The zero-order chi connectivity index (χ0) is 21.1. The first-order valence-electron chi connectivity index (χ1n) is 8.49. The maximum absolute atomic E-state index is 12.9. The lowest BCUT2D eigenvalue weighted by molar-refractivity contribution is -0.116. The average molecular weight is 431 g/mol. The number of nitriles is 1. The van der Waals surface area contributed by atoms with E-state index in [0.717, 1.165) is 0 Å². The number of benzene rings is 1. The lowest BCUT2D eigenvalue weighted by Gasteiger charge is -2.17. The van der Waals surface area contributed by atoms with E-state index < -0.39 is 11.8 Å². The van der Waals surface area contributed by atoms with Crippen LogP contribution in [0.2, 0.25) is 10.0 Å². The molecule has 0 aliphatic rings. The highest BCUT2D eigenvalue weighted by molar-refractivity contribution is 6.42. The van der Waals surface area contributed by atoms with E-state index in [4.69, 9.17) is 27.6 Å². The molecule has 2 heterocycles. The van der Waals surface area contributed by atoms with Crippen LogP contribution in [0.1, 0.15) is 21.7 Å². The van der Waals surface area contributed by atoms with Crippen molar-refractivity contribution in [2.75, 3.05) is 18.9 Å². The lowest BCUT2D eigenvalue weighted by Crippen LogP contribution is -2.35. The summed E-state index contributed by atoms with van der Waals surface area (Å²) in [6.45, 7) is 1.37. The van der Waals surface area contributed by atoms with Gasteiger partial charge in [0, 0.05) is 25.1 Å². The molecule has 0 aliphatic carbocycles. The minimum Gasteiger partial charge on any atom is -0.443 e. The highest BCUT2D eigenvalue weighted by atomic mass is 35.5. The molecule has 0 saturated heterocycles.